The number of para-hydroxylation sites is 3. The summed E-state index contributed by atoms with van der Waals surface area (Å²) in [5.41, 5.74) is 11.0. The predicted molar refractivity (Wildman–Crippen MR) is 499 cm³/mol. The topological polar surface area (TPSA) is 313 Å². The van der Waals surface area contributed by atoms with Crippen LogP contribution in [0.25, 0.3) is 33.4 Å². The number of nitrogens with zero attached hydrogens (tertiary/aromatic N) is 6. The van der Waals surface area contributed by atoms with Crippen molar-refractivity contribution >= 4 is 108 Å². The first-order chi connectivity index (χ1) is 60.1. The molecule has 126 heavy (non-hydrogen) atoms. The maximum absolute atomic E-state index is 13.3. The van der Waals surface area contributed by atoms with Gasteiger partial charge in [0.2, 0.25) is 0 Å². The molecule has 654 valence electrons. The number of anilines is 3. The minimum absolute atomic E-state index is 0.0690. The van der Waals surface area contributed by atoms with Crippen molar-refractivity contribution < 1.29 is 86.9 Å². The number of halogens is 3. The van der Waals surface area contributed by atoms with Crippen molar-refractivity contribution in [3.63, 3.8) is 0 Å². The van der Waals surface area contributed by atoms with E-state index >= 15 is 0 Å². The highest BCUT2D eigenvalue weighted by atomic mass is 32.1. The second-order valence-electron chi connectivity index (χ2n) is 31.4. The van der Waals surface area contributed by atoms with Crippen LogP contribution >= 0.6 is 59.4 Å². The fourth-order valence-electron chi connectivity index (χ4n) is 16.7. The molecule has 0 radical (unpaired) electrons. The smallest absolute Gasteiger partial charge is 0.356 e. The van der Waals surface area contributed by atoms with Crippen molar-refractivity contribution in [3.8, 4) is 50.6 Å². The van der Waals surface area contributed by atoms with Crippen LogP contribution in [-0.4, -0.2) is 129 Å². The first kappa shape index (κ1) is 92.9. The van der Waals surface area contributed by atoms with Crippen LogP contribution < -0.4 is 30.6 Å². The van der Waals surface area contributed by atoms with Gasteiger partial charge < -0.3 is 89.4 Å². The number of likely N-dealkylation sites (N-methyl/N-ethyl adjacent to an activating group) is 3. The molecule has 3 fully saturated rings. The van der Waals surface area contributed by atoms with Gasteiger partial charge in [-0.2, -0.15) is 0 Å². The molecule has 0 bridgehead atoms. The number of aromatic hydroxyl groups is 3. The minimum Gasteiger partial charge on any atom is -0.508 e. The van der Waals surface area contributed by atoms with Crippen LogP contribution in [0.1, 0.15) is 128 Å². The van der Waals surface area contributed by atoms with Gasteiger partial charge in [-0.25, -0.2) is 13.2 Å². The summed E-state index contributed by atoms with van der Waals surface area (Å²) in [7, 11) is -7.25. The fourth-order valence-corrected chi connectivity index (χ4v) is 19.4. The number of phenolic OH excluding ortho intramolecular Hbond substituents is 3. The lowest BCUT2D eigenvalue weighted by atomic mass is 9.91. The van der Waals surface area contributed by atoms with Gasteiger partial charge in [-0.3, -0.25) is 13.7 Å². The Morgan fingerprint density at radius 3 is 0.730 bits per heavy atom. The molecule has 3 saturated heterocycles. The van der Waals surface area contributed by atoms with Crippen molar-refractivity contribution in [2.45, 2.75) is 112 Å². The molecule has 3 heterocycles. The summed E-state index contributed by atoms with van der Waals surface area (Å²) >= 11 is 17.7. The first-order valence-electron chi connectivity index (χ1n) is 40.8. The third kappa shape index (κ3) is 21.7. The molecule has 12 aromatic rings. The van der Waals surface area contributed by atoms with Crippen LogP contribution in [0.3, 0.4) is 0 Å². The van der Waals surface area contributed by atoms with Crippen LogP contribution in [0.2, 0.25) is 0 Å². The molecule has 3 aliphatic rings. The van der Waals surface area contributed by atoms with E-state index in [0.29, 0.717) is 140 Å². The van der Waals surface area contributed by atoms with E-state index in [4.69, 9.17) is 36.7 Å². The van der Waals surface area contributed by atoms with E-state index in [0.717, 1.165) is 17.1 Å². The van der Waals surface area contributed by atoms with Crippen LogP contribution in [0.15, 0.2) is 291 Å². The summed E-state index contributed by atoms with van der Waals surface area (Å²) in [6, 6.07) is 79.8. The lowest BCUT2D eigenvalue weighted by molar-refractivity contribution is 0.159. The van der Waals surface area contributed by atoms with Crippen molar-refractivity contribution in [1.82, 2.24) is 14.7 Å². The second-order valence-corrected chi connectivity index (χ2v) is 37.3. The first-order valence-corrected chi connectivity index (χ1v) is 46.8. The fraction of sp³-hybridized carbons (Fsp3) is 0.219. The van der Waals surface area contributed by atoms with E-state index in [1.807, 2.05) is 178 Å². The van der Waals surface area contributed by atoms with E-state index in [-0.39, 0.29) is 86.9 Å². The zero-order valence-corrected chi connectivity index (χ0v) is 73.9. The van der Waals surface area contributed by atoms with Crippen LogP contribution in [0.4, 0.5) is 30.2 Å². The number of aliphatic hydroxyl groups is 3. The molecular formula is C96H96F3N6O15P3S3. The van der Waals surface area contributed by atoms with E-state index in [1.165, 1.54) is 72.8 Å². The molecule has 12 aromatic carbocycles. The normalized spacial score (nSPS) is 18.0. The Bertz CT molecular complexity index is 5370. The number of benzene rings is 12. The average molecular weight is 1820 g/mol. The second kappa shape index (κ2) is 40.5. The molecule has 3 aliphatic heterocycles. The van der Waals surface area contributed by atoms with E-state index in [2.05, 4.69) is 0 Å². The monoisotopic (exact) mass is 1820 g/mol. The van der Waals surface area contributed by atoms with Gasteiger partial charge in [-0.15, -0.1) is 0 Å². The predicted octanol–water partition coefficient (Wildman–Crippen LogP) is 18.2. The van der Waals surface area contributed by atoms with E-state index < -0.39 is 41.1 Å². The molecule has 15 rings (SSSR count). The Morgan fingerprint density at radius 1 is 0.310 bits per heavy atom. The Morgan fingerprint density at radius 2 is 0.524 bits per heavy atom. The number of hydrogen-bond acceptors (Lipinski definition) is 12. The maximum Gasteiger partial charge on any atom is 0.356 e. The van der Waals surface area contributed by atoms with Gasteiger partial charge in [0.1, 0.15) is 34.7 Å². The quantitative estimate of drug-likeness (QED) is 0.0168. The highest BCUT2D eigenvalue weighted by molar-refractivity contribution is 7.81. The van der Waals surface area contributed by atoms with Gasteiger partial charge in [0.05, 0.1) is 70.5 Å². The van der Waals surface area contributed by atoms with E-state index in [1.54, 1.807) is 91.0 Å². The molecule has 0 amide bonds. The molecule has 12 N–H and O–H groups in total. The van der Waals surface area contributed by atoms with Gasteiger partial charge in [-0.05, 0) is 272 Å². The Hall–Kier alpha value is -10.8. The number of hydrogen-bond donors (Lipinski definition) is 12. The lowest BCUT2D eigenvalue weighted by Crippen LogP contribution is -2.30. The molecule has 4 unspecified atom stereocenters. The van der Waals surface area contributed by atoms with Gasteiger partial charge in [0.25, 0.3) is 0 Å². The Kier molecular flexibility index (Phi) is 29.8. The number of rotatable bonds is 27. The largest absolute Gasteiger partial charge is 0.508 e. The lowest BCUT2D eigenvalue weighted by Gasteiger charge is -2.29. The summed E-state index contributed by atoms with van der Waals surface area (Å²) in [5, 5.41) is 67.8. The zero-order valence-electron chi connectivity index (χ0n) is 68.7. The molecule has 30 heteroatoms. The van der Waals surface area contributed by atoms with Crippen molar-refractivity contribution in [1.29, 1.82) is 0 Å². The average Bonchev–Trinajstić information content (AvgIpc) is 1.62. The van der Waals surface area contributed by atoms with Crippen LogP contribution in [-0.2, 0) is 13.7 Å². The summed E-state index contributed by atoms with van der Waals surface area (Å²) in [5.74, 6) is -0.814. The van der Waals surface area contributed by atoms with Crippen molar-refractivity contribution in [2.75, 3.05) is 35.8 Å². The van der Waals surface area contributed by atoms with Crippen LogP contribution in [0, 0.1) is 17.5 Å². The highest BCUT2D eigenvalue weighted by Gasteiger charge is 2.47. The third-order valence-corrected chi connectivity index (χ3v) is 27.8. The molecule has 0 aliphatic carbocycles. The summed E-state index contributed by atoms with van der Waals surface area (Å²) in [6.45, 7) is 0. The van der Waals surface area contributed by atoms with Crippen molar-refractivity contribution in [2.24, 2.45) is 0 Å². The van der Waals surface area contributed by atoms with Gasteiger partial charge in [-0.1, -0.05) is 164 Å². The number of aliphatic hydroxyl groups excluding tert-OH is 3. The Labute approximate surface area is 745 Å². The van der Waals surface area contributed by atoms with Crippen LogP contribution in [0.5, 0.6) is 17.2 Å². The SMILES string of the molecule is CN1C(=S)N(c2ccccc2)C(c2ccc(-c3ccc(P(=O)(O)O)cc3)cc2O)C1CCCC(O)c1ccc(F)cc1.CN1C(=S)N(c2ccccc2)[C@H](c2ccc(-c3ccc(P(=O)(O)O)cc3)cc2O)[C@H]1CCCC(O)c1ccc(F)cc1.CN1C(=S)N(c2ccccc2)[C@H](c2ccc(-c3ccc(P(=O)(O)O)cc3)cc2O)[C@H]1CCC[C@@H](O)c1ccc(F)cc1. The highest BCUT2D eigenvalue weighted by Crippen LogP contribution is 2.50. The summed E-state index contributed by atoms with van der Waals surface area (Å²) < 4.78 is 74.7. The van der Waals surface area contributed by atoms with Gasteiger partial charge in [0, 0.05) is 54.9 Å². The maximum atomic E-state index is 13.3. The summed E-state index contributed by atoms with van der Waals surface area (Å²) in [4.78, 5) is 68.8. The molecule has 0 spiro atoms. The molecular weight excluding hydrogens is 1720 g/mol. The molecule has 21 nitrogen and oxygen atoms in total. The Balaban J connectivity index is 0.000000162. The molecule has 9 atom stereocenters. The van der Waals surface area contributed by atoms with Gasteiger partial charge >= 0.3 is 22.8 Å². The molecule has 0 aromatic heterocycles. The van der Waals surface area contributed by atoms with Gasteiger partial charge in [0.15, 0.2) is 15.3 Å². The standard InChI is InChI=1S/3C32H32FN2O5PS/c3*1-34-28(8-5-9-29(36)22-10-15-24(33)16-11-22)31(35(32(34)42)25-6-3-2-4-7-25)27-19-14-23(20-30(27)37)21-12-17-26(18-13-21)41(38,39)40/h3*2-4,6-7,10-20,28-29,31,36-37H,5,8-9H2,1H3,(H2,38,39,40)/t28-,29?,31-;28-,29-,31-;/m11./s1. The summed E-state index contributed by atoms with van der Waals surface area (Å²) in [6.07, 6.45) is 3.30. The van der Waals surface area contributed by atoms with E-state index in [9.17, 15) is 86.9 Å². The molecule has 0 saturated carbocycles. The minimum atomic E-state index is -4.35. The van der Waals surface area contributed by atoms with Crippen molar-refractivity contribution in [3.05, 3.63) is 342 Å². The number of thiocarbonyl (C=S) groups is 3. The third-order valence-electron chi connectivity index (χ3n) is 23.4. The zero-order chi connectivity index (χ0) is 90.1. The number of phenols is 3.